The second-order valence-electron chi connectivity index (χ2n) is 7.13. The Bertz CT molecular complexity index is 782. The van der Waals surface area contributed by atoms with Gasteiger partial charge in [0.2, 0.25) is 17.5 Å². The third kappa shape index (κ3) is 2.23. The average Bonchev–Trinajstić information content (AvgIpc) is 2.92. The Hall–Kier alpha value is -2.50. The normalized spacial score (nSPS) is 26.6. The molecule has 0 saturated heterocycles. The lowest BCUT2D eigenvalue weighted by Crippen LogP contribution is -2.47. The Morgan fingerprint density at radius 3 is 2.52 bits per heavy atom. The zero-order valence-electron chi connectivity index (χ0n) is 14.5. The van der Waals surface area contributed by atoms with Gasteiger partial charge in [0.15, 0.2) is 0 Å². The van der Waals surface area contributed by atoms with Crippen molar-refractivity contribution in [1.29, 1.82) is 0 Å². The standard InChI is InChI=1S/C19H21NO5/c1-4-25-16(23)11-7-5-6-8-13(11)20-17(24)19-10-9-12(18(19,2)3)14(21)15(19)22/h5-8,12H,4,9-10H2,1-3H3,(H,20,24). The molecular formula is C19H21NO5. The maximum absolute atomic E-state index is 13.1. The van der Waals surface area contributed by atoms with Gasteiger partial charge in [-0.15, -0.1) is 0 Å². The number of rotatable bonds is 4. The van der Waals surface area contributed by atoms with Crippen LogP contribution in [0.3, 0.4) is 0 Å². The summed E-state index contributed by atoms with van der Waals surface area (Å²) in [7, 11) is 0. The van der Waals surface area contributed by atoms with Crippen LogP contribution in [0.4, 0.5) is 5.69 Å². The molecule has 0 radical (unpaired) electrons. The van der Waals surface area contributed by atoms with Crippen LogP contribution in [-0.4, -0.2) is 30.0 Å². The van der Waals surface area contributed by atoms with Crippen molar-refractivity contribution in [3.8, 4) is 0 Å². The van der Waals surface area contributed by atoms with Crippen molar-refractivity contribution in [2.24, 2.45) is 16.7 Å². The van der Waals surface area contributed by atoms with E-state index in [1.165, 1.54) is 0 Å². The number of Topliss-reactive ketones (excluding diaryl/α,β-unsaturated/α-hetero) is 2. The molecule has 1 aromatic carbocycles. The molecule has 2 aliphatic rings. The van der Waals surface area contributed by atoms with E-state index in [0.717, 1.165) is 0 Å². The number of fused-ring (bicyclic) bond motifs is 2. The number of nitrogens with one attached hydrogen (secondary N) is 1. The van der Waals surface area contributed by atoms with Crippen LogP contribution in [0.2, 0.25) is 0 Å². The molecule has 0 aromatic heterocycles. The van der Waals surface area contributed by atoms with E-state index in [9.17, 15) is 19.2 Å². The average molecular weight is 343 g/mol. The smallest absolute Gasteiger partial charge is 0.340 e. The number of hydrogen-bond acceptors (Lipinski definition) is 5. The van der Waals surface area contributed by atoms with E-state index in [4.69, 9.17) is 4.74 Å². The summed E-state index contributed by atoms with van der Waals surface area (Å²) in [5, 5.41) is 2.70. The molecule has 2 aliphatic carbocycles. The lowest BCUT2D eigenvalue weighted by Gasteiger charge is -2.34. The van der Waals surface area contributed by atoms with Crippen molar-refractivity contribution in [3.05, 3.63) is 29.8 Å². The molecule has 2 atom stereocenters. The molecule has 132 valence electrons. The Kier molecular flexibility index (Phi) is 4.01. The number of carbonyl (C=O) groups excluding carboxylic acids is 4. The molecule has 1 aromatic rings. The van der Waals surface area contributed by atoms with Crippen LogP contribution in [-0.2, 0) is 19.1 Å². The minimum absolute atomic E-state index is 0.215. The second-order valence-corrected chi connectivity index (χ2v) is 7.13. The molecule has 2 bridgehead atoms. The summed E-state index contributed by atoms with van der Waals surface area (Å²) in [5.41, 5.74) is -1.59. The molecule has 2 saturated carbocycles. The third-order valence-electron chi connectivity index (χ3n) is 5.77. The first-order valence-electron chi connectivity index (χ1n) is 8.43. The van der Waals surface area contributed by atoms with Gasteiger partial charge in [0.25, 0.3) is 0 Å². The monoisotopic (exact) mass is 343 g/mol. The largest absolute Gasteiger partial charge is 0.462 e. The minimum Gasteiger partial charge on any atom is -0.462 e. The van der Waals surface area contributed by atoms with Gasteiger partial charge in [-0.3, -0.25) is 14.4 Å². The van der Waals surface area contributed by atoms with Gasteiger partial charge in [0, 0.05) is 5.92 Å². The number of benzene rings is 1. The molecule has 1 N–H and O–H groups in total. The summed E-state index contributed by atoms with van der Waals surface area (Å²) in [5.74, 6) is -2.54. The molecular weight excluding hydrogens is 322 g/mol. The number of ether oxygens (including phenoxy) is 1. The van der Waals surface area contributed by atoms with Gasteiger partial charge in [-0.2, -0.15) is 0 Å². The van der Waals surface area contributed by atoms with E-state index in [0.29, 0.717) is 12.8 Å². The van der Waals surface area contributed by atoms with E-state index in [1.54, 1.807) is 45.0 Å². The quantitative estimate of drug-likeness (QED) is 0.515. The topological polar surface area (TPSA) is 89.5 Å². The number of ketones is 2. The van der Waals surface area contributed by atoms with Gasteiger partial charge < -0.3 is 10.1 Å². The first-order valence-corrected chi connectivity index (χ1v) is 8.43. The molecule has 0 spiro atoms. The van der Waals surface area contributed by atoms with Crippen LogP contribution < -0.4 is 5.32 Å². The van der Waals surface area contributed by atoms with Gasteiger partial charge in [0.05, 0.1) is 17.9 Å². The fraction of sp³-hybridized carbons (Fsp3) is 0.474. The van der Waals surface area contributed by atoms with Crippen LogP contribution in [0.15, 0.2) is 24.3 Å². The Morgan fingerprint density at radius 1 is 1.24 bits per heavy atom. The zero-order chi connectivity index (χ0) is 18.4. The highest BCUT2D eigenvalue weighted by molar-refractivity contribution is 6.48. The van der Waals surface area contributed by atoms with Gasteiger partial charge in [-0.25, -0.2) is 4.79 Å². The maximum Gasteiger partial charge on any atom is 0.340 e. The van der Waals surface area contributed by atoms with E-state index in [2.05, 4.69) is 5.32 Å². The van der Waals surface area contributed by atoms with Gasteiger partial charge in [-0.1, -0.05) is 26.0 Å². The van der Waals surface area contributed by atoms with E-state index >= 15 is 0 Å². The number of hydrogen-bond donors (Lipinski definition) is 1. The summed E-state index contributed by atoms with van der Waals surface area (Å²) in [6.45, 7) is 5.50. The van der Waals surface area contributed by atoms with Crippen molar-refractivity contribution in [2.45, 2.75) is 33.6 Å². The number of carbonyl (C=O) groups is 4. The van der Waals surface area contributed by atoms with E-state index in [1.807, 2.05) is 0 Å². The van der Waals surface area contributed by atoms with Crippen molar-refractivity contribution in [3.63, 3.8) is 0 Å². The van der Waals surface area contributed by atoms with Crippen LogP contribution >= 0.6 is 0 Å². The molecule has 2 unspecified atom stereocenters. The summed E-state index contributed by atoms with van der Waals surface area (Å²) >= 11 is 0. The summed E-state index contributed by atoms with van der Waals surface area (Å²) < 4.78 is 5.00. The maximum atomic E-state index is 13.1. The molecule has 2 fully saturated rings. The molecule has 3 rings (SSSR count). The second kappa shape index (κ2) is 5.79. The molecule has 6 nitrogen and oxygen atoms in total. The van der Waals surface area contributed by atoms with Gasteiger partial charge >= 0.3 is 5.97 Å². The van der Waals surface area contributed by atoms with Crippen molar-refractivity contribution in [1.82, 2.24) is 0 Å². The number of para-hydroxylation sites is 1. The summed E-state index contributed by atoms with van der Waals surface area (Å²) in [6, 6.07) is 6.48. The fourth-order valence-corrected chi connectivity index (χ4v) is 4.29. The highest BCUT2D eigenvalue weighted by Gasteiger charge is 2.72. The highest BCUT2D eigenvalue weighted by Crippen LogP contribution is 2.62. The van der Waals surface area contributed by atoms with Gasteiger partial charge in [-0.05, 0) is 37.3 Å². The first-order chi connectivity index (χ1) is 11.8. The van der Waals surface area contributed by atoms with E-state index < -0.39 is 40.2 Å². The summed E-state index contributed by atoms with van der Waals surface area (Å²) in [4.78, 5) is 49.9. The predicted molar refractivity (Wildman–Crippen MR) is 90.0 cm³/mol. The summed E-state index contributed by atoms with van der Waals surface area (Å²) in [6.07, 6.45) is 0.882. The van der Waals surface area contributed by atoms with Crippen molar-refractivity contribution >= 4 is 29.1 Å². The molecule has 0 heterocycles. The van der Waals surface area contributed by atoms with Crippen LogP contribution in [0.5, 0.6) is 0 Å². The Balaban J connectivity index is 1.95. The number of anilines is 1. The molecule has 0 aliphatic heterocycles. The Morgan fingerprint density at radius 2 is 1.92 bits per heavy atom. The Labute approximate surface area is 145 Å². The third-order valence-corrected chi connectivity index (χ3v) is 5.77. The minimum atomic E-state index is -1.36. The number of amides is 1. The van der Waals surface area contributed by atoms with Crippen molar-refractivity contribution in [2.75, 3.05) is 11.9 Å². The van der Waals surface area contributed by atoms with Crippen molar-refractivity contribution < 1.29 is 23.9 Å². The molecule has 25 heavy (non-hydrogen) atoms. The molecule has 1 amide bonds. The predicted octanol–water partition coefficient (Wildman–Crippen LogP) is 2.38. The van der Waals surface area contributed by atoms with Gasteiger partial charge in [0.1, 0.15) is 5.41 Å². The fourth-order valence-electron chi connectivity index (χ4n) is 4.29. The first kappa shape index (κ1) is 17.3. The lowest BCUT2D eigenvalue weighted by molar-refractivity contribution is -0.147. The number of esters is 1. The highest BCUT2D eigenvalue weighted by atomic mass is 16.5. The van der Waals surface area contributed by atoms with Crippen LogP contribution in [0, 0.1) is 16.7 Å². The lowest BCUT2D eigenvalue weighted by atomic mass is 9.68. The van der Waals surface area contributed by atoms with Crippen LogP contribution in [0.1, 0.15) is 44.0 Å². The SMILES string of the molecule is CCOC(=O)c1ccccc1NC(=O)C12CCC(C(=O)C1=O)C2(C)C. The van der Waals surface area contributed by atoms with E-state index in [-0.39, 0.29) is 17.9 Å². The zero-order valence-corrected chi connectivity index (χ0v) is 14.5. The molecule has 6 heteroatoms. The van der Waals surface area contributed by atoms with Crippen LogP contribution in [0.25, 0.3) is 0 Å².